The van der Waals surface area contributed by atoms with Crippen molar-refractivity contribution in [3.05, 3.63) is 28.5 Å². The molecule has 0 spiro atoms. The van der Waals surface area contributed by atoms with Crippen LogP contribution in [0.4, 0.5) is 9.18 Å². The van der Waals surface area contributed by atoms with E-state index in [2.05, 4.69) is 15.9 Å². The Hall–Kier alpha value is -1.83. The van der Waals surface area contributed by atoms with Crippen molar-refractivity contribution in [2.24, 2.45) is 0 Å². The maximum Gasteiger partial charge on any atom is 0.407 e. The van der Waals surface area contributed by atoms with Gasteiger partial charge < -0.3 is 19.6 Å². The van der Waals surface area contributed by atoms with E-state index in [4.69, 9.17) is 9.84 Å². The standard InChI is InChI=1S/C16H18BrFN2O4/c17-10-1-2-13(12(18)9-10)24-14-5-8-20(15(14)21)11-3-6-19(7-4-11)16(22)23/h1-2,9,11,14H,3-8H2,(H,22,23). The average Bonchev–Trinajstić information content (AvgIpc) is 2.91. The molecule has 2 fully saturated rings. The smallest absolute Gasteiger partial charge is 0.407 e. The third-order valence-electron chi connectivity index (χ3n) is 4.53. The number of likely N-dealkylation sites (tertiary alicyclic amines) is 2. The van der Waals surface area contributed by atoms with E-state index in [0.717, 1.165) is 0 Å². The molecular formula is C16H18BrFN2O4. The number of hydrogen-bond donors (Lipinski definition) is 1. The number of piperidine rings is 1. The predicted octanol–water partition coefficient (Wildman–Crippen LogP) is 2.71. The van der Waals surface area contributed by atoms with Crippen LogP contribution in [-0.4, -0.2) is 58.7 Å². The minimum absolute atomic E-state index is 0.0245. The van der Waals surface area contributed by atoms with Crippen molar-refractivity contribution in [3.8, 4) is 5.75 Å². The second-order valence-corrected chi connectivity index (χ2v) is 6.92. The highest BCUT2D eigenvalue weighted by molar-refractivity contribution is 9.10. The molecule has 0 bridgehead atoms. The van der Waals surface area contributed by atoms with E-state index in [1.165, 1.54) is 17.0 Å². The third-order valence-corrected chi connectivity index (χ3v) is 5.02. The number of carboxylic acid groups (broad SMARTS) is 1. The molecule has 0 aromatic heterocycles. The number of carbonyl (C=O) groups is 2. The van der Waals surface area contributed by atoms with E-state index in [0.29, 0.717) is 43.4 Å². The molecule has 24 heavy (non-hydrogen) atoms. The molecule has 1 N–H and O–H groups in total. The number of benzene rings is 1. The Labute approximate surface area is 147 Å². The molecule has 3 rings (SSSR count). The van der Waals surface area contributed by atoms with Gasteiger partial charge in [0.1, 0.15) is 0 Å². The van der Waals surface area contributed by atoms with Crippen molar-refractivity contribution < 1.29 is 23.8 Å². The van der Waals surface area contributed by atoms with Gasteiger partial charge in [-0.1, -0.05) is 15.9 Å². The molecule has 6 nitrogen and oxygen atoms in total. The van der Waals surface area contributed by atoms with Crippen LogP contribution in [0.25, 0.3) is 0 Å². The summed E-state index contributed by atoms with van der Waals surface area (Å²) in [7, 11) is 0. The summed E-state index contributed by atoms with van der Waals surface area (Å²) in [6.45, 7) is 1.41. The van der Waals surface area contributed by atoms with E-state index in [1.807, 2.05) is 0 Å². The van der Waals surface area contributed by atoms with E-state index >= 15 is 0 Å². The first-order valence-electron chi connectivity index (χ1n) is 7.86. The highest BCUT2D eigenvalue weighted by Gasteiger charge is 2.39. The Morgan fingerprint density at radius 3 is 2.58 bits per heavy atom. The van der Waals surface area contributed by atoms with Crippen molar-refractivity contribution in [1.29, 1.82) is 0 Å². The molecule has 1 unspecified atom stereocenters. The fraction of sp³-hybridized carbons (Fsp3) is 0.500. The fourth-order valence-electron chi connectivity index (χ4n) is 3.24. The lowest BCUT2D eigenvalue weighted by Gasteiger charge is -2.35. The molecule has 2 amide bonds. The molecule has 2 aliphatic rings. The summed E-state index contributed by atoms with van der Waals surface area (Å²) in [5.74, 6) is -0.587. The first kappa shape index (κ1) is 17.0. The number of hydrogen-bond acceptors (Lipinski definition) is 3. The monoisotopic (exact) mass is 400 g/mol. The maximum absolute atomic E-state index is 13.9. The van der Waals surface area contributed by atoms with Gasteiger partial charge in [0.2, 0.25) is 0 Å². The van der Waals surface area contributed by atoms with Gasteiger partial charge in [0, 0.05) is 36.6 Å². The van der Waals surface area contributed by atoms with Crippen molar-refractivity contribution in [1.82, 2.24) is 9.80 Å². The number of nitrogens with zero attached hydrogens (tertiary/aromatic N) is 2. The molecule has 2 saturated heterocycles. The molecular weight excluding hydrogens is 383 g/mol. The molecule has 0 aliphatic carbocycles. The first-order valence-corrected chi connectivity index (χ1v) is 8.65. The van der Waals surface area contributed by atoms with Crippen LogP contribution < -0.4 is 4.74 Å². The summed E-state index contributed by atoms with van der Waals surface area (Å²) in [6.07, 6.45) is 0.147. The number of carbonyl (C=O) groups excluding carboxylic acids is 1. The second-order valence-electron chi connectivity index (χ2n) is 6.00. The number of halogens is 2. The van der Waals surface area contributed by atoms with Crippen LogP contribution in [0.1, 0.15) is 19.3 Å². The molecule has 1 aromatic rings. The van der Waals surface area contributed by atoms with Crippen LogP contribution in [0, 0.1) is 5.82 Å². The molecule has 1 atom stereocenters. The molecule has 2 aliphatic heterocycles. The SMILES string of the molecule is O=C(O)N1CCC(N2CCC(Oc3ccc(Br)cc3F)C2=O)CC1. The maximum atomic E-state index is 13.9. The van der Waals surface area contributed by atoms with Crippen molar-refractivity contribution in [3.63, 3.8) is 0 Å². The third kappa shape index (κ3) is 3.48. The Balaban J connectivity index is 1.60. The quantitative estimate of drug-likeness (QED) is 0.846. The van der Waals surface area contributed by atoms with Gasteiger partial charge in [-0.2, -0.15) is 0 Å². The van der Waals surface area contributed by atoms with Gasteiger partial charge in [-0.05, 0) is 31.0 Å². The molecule has 8 heteroatoms. The lowest BCUT2D eigenvalue weighted by Crippen LogP contribution is -2.48. The minimum atomic E-state index is -0.923. The summed E-state index contributed by atoms with van der Waals surface area (Å²) < 4.78 is 20.0. The van der Waals surface area contributed by atoms with Crippen molar-refractivity contribution in [2.75, 3.05) is 19.6 Å². The molecule has 0 saturated carbocycles. The lowest BCUT2D eigenvalue weighted by molar-refractivity contribution is -0.136. The second kappa shape index (κ2) is 6.96. The number of amides is 2. The molecule has 1 aromatic carbocycles. The Morgan fingerprint density at radius 1 is 1.25 bits per heavy atom. The van der Waals surface area contributed by atoms with Crippen molar-refractivity contribution >= 4 is 27.9 Å². The van der Waals surface area contributed by atoms with Crippen LogP contribution in [-0.2, 0) is 4.79 Å². The van der Waals surface area contributed by atoms with E-state index in [-0.39, 0.29) is 17.7 Å². The predicted molar refractivity (Wildman–Crippen MR) is 87.5 cm³/mol. The van der Waals surface area contributed by atoms with Crippen molar-refractivity contribution in [2.45, 2.75) is 31.4 Å². The Kier molecular flexibility index (Phi) is 4.93. The van der Waals surface area contributed by atoms with Gasteiger partial charge in [-0.15, -0.1) is 0 Å². The zero-order valence-corrected chi connectivity index (χ0v) is 14.5. The molecule has 130 valence electrons. The molecule has 2 heterocycles. The average molecular weight is 401 g/mol. The van der Waals surface area contributed by atoms with Gasteiger partial charge in [0.25, 0.3) is 5.91 Å². The zero-order chi connectivity index (χ0) is 17.3. The summed E-state index contributed by atoms with van der Waals surface area (Å²) in [6, 6.07) is 4.49. The summed E-state index contributed by atoms with van der Waals surface area (Å²) in [4.78, 5) is 26.6. The van der Waals surface area contributed by atoms with Gasteiger partial charge in [0.05, 0.1) is 0 Å². The Morgan fingerprint density at radius 2 is 1.96 bits per heavy atom. The van der Waals surface area contributed by atoms with E-state index < -0.39 is 18.0 Å². The zero-order valence-electron chi connectivity index (χ0n) is 13.0. The summed E-state index contributed by atoms with van der Waals surface area (Å²) >= 11 is 3.18. The van der Waals surface area contributed by atoms with Gasteiger partial charge in [-0.25, -0.2) is 9.18 Å². The normalized spacial score (nSPS) is 22.1. The van der Waals surface area contributed by atoms with E-state index in [1.54, 1.807) is 11.0 Å². The largest absolute Gasteiger partial charge is 0.477 e. The minimum Gasteiger partial charge on any atom is -0.477 e. The van der Waals surface area contributed by atoms with Crippen LogP contribution in [0.15, 0.2) is 22.7 Å². The highest BCUT2D eigenvalue weighted by atomic mass is 79.9. The van der Waals surface area contributed by atoms with Crippen LogP contribution in [0.3, 0.4) is 0 Å². The first-order chi connectivity index (χ1) is 11.5. The van der Waals surface area contributed by atoms with Gasteiger partial charge in [-0.3, -0.25) is 4.79 Å². The Bertz CT molecular complexity index is 649. The number of ether oxygens (including phenoxy) is 1. The van der Waals surface area contributed by atoms with Crippen LogP contribution >= 0.6 is 15.9 Å². The van der Waals surface area contributed by atoms with Crippen LogP contribution in [0.5, 0.6) is 5.75 Å². The van der Waals surface area contributed by atoms with Gasteiger partial charge in [0.15, 0.2) is 17.7 Å². The number of rotatable bonds is 3. The van der Waals surface area contributed by atoms with Gasteiger partial charge >= 0.3 is 6.09 Å². The lowest BCUT2D eigenvalue weighted by atomic mass is 10.0. The van der Waals surface area contributed by atoms with Crippen LogP contribution in [0.2, 0.25) is 0 Å². The highest BCUT2D eigenvalue weighted by Crippen LogP contribution is 2.28. The summed E-state index contributed by atoms with van der Waals surface area (Å²) in [5.41, 5.74) is 0. The van der Waals surface area contributed by atoms with E-state index in [9.17, 15) is 14.0 Å². The molecule has 0 radical (unpaired) electrons. The fourth-order valence-corrected chi connectivity index (χ4v) is 3.57. The summed E-state index contributed by atoms with van der Waals surface area (Å²) in [5, 5.41) is 8.98. The topological polar surface area (TPSA) is 70.1 Å².